The van der Waals surface area contributed by atoms with Gasteiger partial charge in [0, 0.05) is 18.2 Å². The zero-order chi connectivity index (χ0) is 21.1. The molecule has 8 heteroatoms. The van der Waals surface area contributed by atoms with E-state index in [0.29, 0.717) is 22.4 Å². The number of carbonyl (C=O) groups is 1. The van der Waals surface area contributed by atoms with Gasteiger partial charge in [0.25, 0.3) is 0 Å². The molecule has 0 radical (unpaired) electrons. The fourth-order valence-corrected chi connectivity index (χ4v) is 4.65. The maximum atomic E-state index is 13.3. The van der Waals surface area contributed by atoms with Crippen molar-refractivity contribution in [1.29, 1.82) is 0 Å². The molecule has 1 N–H and O–H groups in total. The molecule has 0 bridgehead atoms. The van der Waals surface area contributed by atoms with E-state index in [4.69, 9.17) is 16.3 Å². The third kappa shape index (κ3) is 4.47. The van der Waals surface area contributed by atoms with E-state index in [2.05, 4.69) is 27.0 Å². The number of nitrogens with zero attached hydrogens (tertiary/aromatic N) is 3. The monoisotopic (exact) mass is 442 g/mol. The first-order valence-electron chi connectivity index (χ1n) is 9.89. The smallest absolute Gasteiger partial charge is 0.242 e. The summed E-state index contributed by atoms with van der Waals surface area (Å²) in [6.07, 6.45) is 2.31. The Hall–Kier alpha value is -2.51. The summed E-state index contributed by atoms with van der Waals surface area (Å²) in [5, 5.41) is 12.5. The summed E-state index contributed by atoms with van der Waals surface area (Å²) >= 11 is 7.63. The highest BCUT2D eigenvalue weighted by Crippen LogP contribution is 2.42. The van der Waals surface area contributed by atoms with Crippen LogP contribution in [-0.2, 0) is 11.3 Å². The van der Waals surface area contributed by atoms with Crippen molar-refractivity contribution in [3.63, 3.8) is 0 Å². The third-order valence-electron chi connectivity index (χ3n) is 4.99. The van der Waals surface area contributed by atoms with Gasteiger partial charge in [-0.2, -0.15) is 0 Å². The molecule has 1 heterocycles. The molecule has 2 aromatic carbocycles. The summed E-state index contributed by atoms with van der Waals surface area (Å²) in [6, 6.07) is 14.9. The Balaban J connectivity index is 1.60. The second-order valence-corrected chi connectivity index (χ2v) is 8.59. The van der Waals surface area contributed by atoms with Crippen molar-refractivity contribution >= 4 is 35.0 Å². The van der Waals surface area contributed by atoms with Crippen LogP contribution >= 0.6 is 23.4 Å². The van der Waals surface area contributed by atoms with Crippen LogP contribution in [0.3, 0.4) is 0 Å². The van der Waals surface area contributed by atoms with E-state index in [-0.39, 0.29) is 5.91 Å². The molecule has 1 aliphatic rings. The number of ether oxygens (including phenoxy) is 1. The number of nitrogens with one attached hydrogen (secondary N) is 1. The Morgan fingerprint density at radius 1 is 1.27 bits per heavy atom. The molecule has 3 aromatic rings. The predicted molar refractivity (Wildman–Crippen MR) is 119 cm³/mol. The lowest BCUT2D eigenvalue weighted by molar-refractivity contribution is -0.115. The van der Waals surface area contributed by atoms with Crippen molar-refractivity contribution < 1.29 is 9.53 Å². The van der Waals surface area contributed by atoms with Crippen LogP contribution in [0.25, 0.3) is 0 Å². The van der Waals surface area contributed by atoms with Gasteiger partial charge in [0.2, 0.25) is 5.91 Å². The molecule has 1 aliphatic carbocycles. The van der Waals surface area contributed by atoms with Crippen LogP contribution in [0.2, 0.25) is 5.02 Å². The molecule has 1 unspecified atom stereocenters. The van der Waals surface area contributed by atoms with E-state index in [9.17, 15) is 4.79 Å². The normalized spacial score (nSPS) is 14.4. The second-order valence-electron chi connectivity index (χ2n) is 7.11. The molecule has 6 nitrogen and oxygen atoms in total. The number of anilines is 1. The largest absolute Gasteiger partial charge is 0.495 e. The highest BCUT2D eigenvalue weighted by atomic mass is 35.5. The summed E-state index contributed by atoms with van der Waals surface area (Å²) in [4.78, 5) is 13.3. The van der Waals surface area contributed by atoms with E-state index >= 15 is 0 Å². The SMILES string of the molecule is CCn1c(SC(C(=O)Nc2ccc(OC)c(Cl)c2)c2ccccc2)nnc1C1CC1. The molecular formula is C22H23ClN4O2S. The minimum atomic E-state index is -0.478. The predicted octanol–water partition coefficient (Wildman–Crippen LogP) is 5.31. The van der Waals surface area contributed by atoms with E-state index in [0.717, 1.165) is 35.9 Å². The molecule has 1 saturated carbocycles. The van der Waals surface area contributed by atoms with E-state index in [1.165, 1.54) is 11.8 Å². The Labute approximate surface area is 185 Å². The van der Waals surface area contributed by atoms with Crippen molar-refractivity contribution in [2.45, 2.75) is 42.6 Å². The van der Waals surface area contributed by atoms with Crippen LogP contribution in [0.1, 0.15) is 42.3 Å². The van der Waals surface area contributed by atoms with Crippen LogP contribution in [0, 0.1) is 0 Å². The summed E-state index contributed by atoms with van der Waals surface area (Å²) in [5.74, 6) is 1.93. The quantitative estimate of drug-likeness (QED) is 0.479. The van der Waals surface area contributed by atoms with Gasteiger partial charge in [0.05, 0.1) is 12.1 Å². The zero-order valence-corrected chi connectivity index (χ0v) is 18.4. The zero-order valence-electron chi connectivity index (χ0n) is 16.8. The van der Waals surface area contributed by atoms with E-state index in [1.807, 2.05) is 30.3 Å². The minimum absolute atomic E-state index is 0.147. The number of methoxy groups -OCH3 is 1. The minimum Gasteiger partial charge on any atom is -0.495 e. The van der Waals surface area contributed by atoms with Gasteiger partial charge >= 0.3 is 0 Å². The average molecular weight is 443 g/mol. The lowest BCUT2D eigenvalue weighted by Gasteiger charge is -2.17. The van der Waals surface area contributed by atoms with Crippen LogP contribution in [0.15, 0.2) is 53.7 Å². The van der Waals surface area contributed by atoms with Crippen molar-refractivity contribution in [3.05, 3.63) is 64.9 Å². The number of carbonyl (C=O) groups excluding carboxylic acids is 1. The number of hydrogen-bond donors (Lipinski definition) is 1. The molecule has 0 aliphatic heterocycles. The average Bonchev–Trinajstić information content (AvgIpc) is 3.52. The topological polar surface area (TPSA) is 69.0 Å². The Bertz CT molecular complexity index is 1040. The Morgan fingerprint density at radius 2 is 2.03 bits per heavy atom. The first-order chi connectivity index (χ1) is 14.6. The van der Waals surface area contributed by atoms with Gasteiger partial charge < -0.3 is 14.6 Å². The van der Waals surface area contributed by atoms with Crippen molar-refractivity contribution in [2.75, 3.05) is 12.4 Å². The molecular weight excluding hydrogens is 420 g/mol. The summed E-state index contributed by atoms with van der Waals surface area (Å²) in [7, 11) is 1.56. The van der Waals surface area contributed by atoms with Crippen LogP contribution < -0.4 is 10.1 Å². The van der Waals surface area contributed by atoms with Gasteiger partial charge in [0.15, 0.2) is 5.16 Å². The van der Waals surface area contributed by atoms with Gasteiger partial charge in [0.1, 0.15) is 16.8 Å². The van der Waals surface area contributed by atoms with Crippen molar-refractivity contribution in [1.82, 2.24) is 14.8 Å². The number of amides is 1. The highest BCUT2D eigenvalue weighted by Gasteiger charge is 2.32. The number of thioether (sulfide) groups is 1. The van der Waals surface area contributed by atoms with Crippen molar-refractivity contribution in [2.24, 2.45) is 0 Å². The number of aromatic nitrogens is 3. The molecule has 4 rings (SSSR count). The van der Waals surface area contributed by atoms with Gasteiger partial charge in [-0.05, 0) is 43.5 Å². The molecule has 156 valence electrons. The van der Waals surface area contributed by atoms with E-state index < -0.39 is 5.25 Å². The first kappa shape index (κ1) is 20.8. The lowest BCUT2D eigenvalue weighted by Crippen LogP contribution is -2.19. The van der Waals surface area contributed by atoms with Crippen LogP contribution in [0.4, 0.5) is 5.69 Å². The van der Waals surface area contributed by atoms with Gasteiger partial charge in [-0.15, -0.1) is 10.2 Å². The van der Waals surface area contributed by atoms with Gasteiger partial charge in [-0.3, -0.25) is 4.79 Å². The fourth-order valence-electron chi connectivity index (χ4n) is 3.29. The number of hydrogen-bond acceptors (Lipinski definition) is 5. The maximum Gasteiger partial charge on any atom is 0.242 e. The molecule has 1 amide bonds. The molecule has 0 spiro atoms. The summed E-state index contributed by atoms with van der Waals surface area (Å²) in [5.41, 5.74) is 1.51. The van der Waals surface area contributed by atoms with E-state index in [1.54, 1.807) is 25.3 Å². The molecule has 1 fully saturated rings. The highest BCUT2D eigenvalue weighted by molar-refractivity contribution is 8.00. The lowest BCUT2D eigenvalue weighted by atomic mass is 10.1. The van der Waals surface area contributed by atoms with Crippen LogP contribution in [0.5, 0.6) is 5.75 Å². The number of benzene rings is 2. The summed E-state index contributed by atoms with van der Waals surface area (Å²) < 4.78 is 7.31. The molecule has 30 heavy (non-hydrogen) atoms. The molecule has 1 aromatic heterocycles. The summed E-state index contributed by atoms with van der Waals surface area (Å²) in [6.45, 7) is 2.86. The third-order valence-corrected chi connectivity index (χ3v) is 6.52. The Kier molecular flexibility index (Phi) is 6.29. The maximum absolute atomic E-state index is 13.3. The fraction of sp³-hybridized carbons (Fsp3) is 0.318. The van der Waals surface area contributed by atoms with Gasteiger partial charge in [-0.1, -0.05) is 53.7 Å². The first-order valence-corrected chi connectivity index (χ1v) is 11.2. The number of halogens is 1. The van der Waals surface area contributed by atoms with Crippen LogP contribution in [-0.4, -0.2) is 27.8 Å². The number of rotatable bonds is 8. The second kappa shape index (κ2) is 9.10. The van der Waals surface area contributed by atoms with Gasteiger partial charge in [-0.25, -0.2) is 0 Å². The van der Waals surface area contributed by atoms with Crippen molar-refractivity contribution in [3.8, 4) is 5.75 Å². The standard InChI is InChI=1S/C22H23ClN4O2S/c1-3-27-20(15-9-10-15)25-26-22(27)30-19(14-7-5-4-6-8-14)21(28)24-16-11-12-18(29-2)17(23)13-16/h4-8,11-13,15,19H,3,9-10H2,1-2H3,(H,24,28). The Morgan fingerprint density at radius 3 is 2.67 bits per heavy atom. The molecule has 1 atom stereocenters. The molecule has 0 saturated heterocycles.